The lowest BCUT2D eigenvalue weighted by atomic mass is 10.0. The molecule has 104 valence electrons. The molecule has 0 atom stereocenters. The second kappa shape index (κ2) is 5.74. The molecule has 6 heteroatoms. The Morgan fingerprint density at radius 1 is 1.40 bits per heavy atom. The number of hydrogen-bond donors (Lipinski definition) is 1. The topological polar surface area (TPSA) is 78.0 Å². The monoisotopic (exact) mass is 383 g/mol. The van der Waals surface area contributed by atoms with Crippen molar-refractivity contribution in [2.45, 2.75) is 20.4 Å². The first-order valence-corrected chi connectivity index (χ1v) is 7.09. The van der Waals surface area contributed by atoms with Crippen LogP contribution in [0.2, 0.25) is 0 Å². The number of nitrogens with two attached hydrogens (primary N) is 1. The molecule has 1 amide bonds. The van der Waals surface area contributed by atoms with Gasteiger partial charge in [-0.3, -0.25) is 14.2 Å². The summed E-state index contributed by atoms with van der Waals surface area (Å²) in [5, 5.41) is 0. The van der Waals surface area contributed by atoms with Gasteiger partial charge in [-0.25, -0.2) is 4.98 Å². The third kappa shape index (κ3) is 2.90. The zero-order chi connectivity index (χ0) is 14.9. The van der Waals surface area contributed by atoms with Crippen LogP contribution >= 0.6 is 22.6 Å². The Morgan fingerprint density at radius 2 is 2.10 bits per heavy atom. The van der Waals surface area contributed by atoms with Gasteiger partial charge in [0.25, 0.3) is 5.56 Å². The first-order chi connectivity index (χ1) is 9.40. The van der Waals surface area contributed by atoms with Crippen molar-refractivity contribution in [3.05, 3.63) is 60.8 Å². The number of benzene rings is 1. The van der Waals surface area contributed by atoms with Crippen LogP contribution in [0.5, 0.6) is 0 Å². The number of amides is 1. The third-order valence-corrected chi connectivity index (χ3v) is 3.90. The normalized spacial score (nSPS) is 10.6. The lowest BCUT2D eigenvalue weighted by Gasteiger charge is -2.12. The summed E-state index contributed by atoms with van der Waals surface area (Å²) >= 11 is 1.97. The number of halogens is 1. The molecule has 1 aromatic heterocycles. The third-order valence-electron chi connectivity index (χ3n) is 3.16. The van der Waals surface area contributed by atoms with Gasteiger partial charge in [-0.2, -0.15) is 0 Å². The largest absolute Gasteiger partial charge is 0.366 e. The molecule has 1 heterocycles. The smallest absolute Gasteiger partial charge is 0.267 e. The Morgan fingerprint density at radius 3 is 2.70 bits per heavy atom. The number of aromatic nitrogens is 2. The molecule has 0 saturated carbocycles. The van der Waals surface area contributed by atoms with Crippen molar-refractivity contribution in [3.8, 4) is 0 Å². The van der Waals surface area contributed by atoms with Crippen LogP contribution in [0.1, 0.15) is 27.3 Å². The van der Waals surface area contributed by atoms with E-state index in [1.165, 1.54) is 0 Å². The molecule has 0 aliphatic rings. The molecule has 0 radical (unpaired) electrons. The summed E-state index contributed by atoms with van der Waals surface area (Å²) in [4.78, 5) is 27.4. The van der Waals surface area contributed by atoms with E-state index in [0.717, 1.165) is 11.1 Å². The molecule has 2 rings (SSSR count). The van der Waals surface area contributed by atoms with Gasteiger partial charge >= 0.3 is 0 Å². The predicted octanol–water partition coefficient (Wildman–Crippen LogP) is 1.61. The molecule has 5 nitrogen and oxygen atoms in total. The maximum atomic E-state index is 12.1. The molecule has 0 aliphatic carbocycles. The highest BCUT2D eigenvalue weighted by Crippen LogP contribution is 2.12. The van der Waals surface area contributed by atoms with E-state index >= 15 is 0 Å². The number of rotatable bonds is 3. The van der Waals surface area contributed by atoms with Crippen molar-refractivity contribution in [1.29, 1.82) is 0 Å². The average Bonchev–Trinajstić information content (AvgIpc) is 2.40. The minimum atomic E-state index is -0.455. The molecule has 2 N–H and O–H groups in total. The van der Waals surface area contributed by atoms with Crippen LogP contribution in [0, 0.1) is 17.4 Å². The van der Waals surface area contributed by atoms with E-state index in [9.17, 15) is 9.59 Å². The van der Waals surface area contributed by atoms with Gasteiger partial charge in [0.1, 0.15) is 5.82 Å². The highest BCUT2D eigenvalue weighted by molar-refractivity contribution is 14.1. The molecule has 0 fully saturated rings. The highest BCUT2D eigenvalue weighted by Gasteiger charge is 2.09. The Hall–Kier alpha value is -1.70. The standard InChI is InChI=1S/C14H14IN3O2/c1-8-5-10(13(16)19)3-4-11(8)7-18-9(2)17-6-12(15)14(18)20/h3-6H,7H2,1-2H3,(H2,16,19). The van der Waals surface area contributed by atoms with Crippen molar-refractivity contribution >= 4 is 28.5 Å². The molecule has 0 saturated heterocycles. The van der Waals surface area contributed by atoms with Gasteiger partial charge < -0.3 is 5.73 Å². The molecule has 0 bridgehead atoms. The summed E-state index contributed by atoms with van der Waals surface area (Å²) < 4.78 is 2.20. The van der Waals surface area contributed by atoms with Crippen LogP contribution in [-0.2, 0) is 6.54 Å². The minimum Gasteiger partial charge on any atom is -0.366 e. The fraction of sp³-hybridized carbons (Fsp3) is 0.214. The van der Waals surface area contributed by atoms with E-state index in [0.29, 0.717) is 21.5 Å². The quantitative estimate of drug-likeness (QED) is 0.819. The molecule has 2 aromatic rings. The van der Waals surface area contributed by atoms with Gasteiger partial charge in [-0.05, 0) is 59.7 Å². The Balaban J connectivity index is 2.43. The number of hydrogen-bond acceptors (Lipinski definition) is 3. The zero-order valence-electron chi connectivity index (χ0n) is 11.2. The first kappa shape index (κ1) is 14.7. The Labute approximate surface area is 130 Å². The molecule has 0 aliphatic heterocycles. The number of nitrogens with zero attached hydrogens (tertiary/aromatic N) is 2. The van der Waals surface area contributed by atoms with Gasteiger partial charge in [-0.1, -0.05) is 6.07 Å². The van der Waals surface area contributed by atoms with Gasteiger partial charge in [0.2, 0.25) is 5.91 Å². The van der Waals surface area contributed by atoms with Crippen molar-refractivity contribution in [2.24, 2.45) is 5.73 Å². The summed E-state index contributed by atoms with van der Waals surface area (Å²) in [7, 11) is 0. The van der Waals surface area contributed by atoms with Crippen molar-refractivity contribution in [2.75, 3.05) is 0 Å². The fourth-order valence-corrected chi connectivity index (χ4v) is 2.36. The average molecular weight is 383 g/mol. The summed E-state index contributed by atoms with van der Waals surface area (Å²) in [6.45, 7) is 4.12. The van der Waals surface area contributed by atoms with Crippen molar-refractivity contribution < 1.29 is 4.79 Å². The van der Waals surface area contributed by atoms with E-state index in [1.807, 2.05) is 35.6 Å². The number of carbonyl (C=O) groups is 1. The lowest BCUT2D eigenvalue weighted by Crippen LogP contribution is -2.26. The Bertz CT molecular complexity index is 738. The van der Waals surface area contributed by atoms with Gasteiger partial charge in [0.05, 0.1) is 10.1 Å². The summed E-state index contributed by atoms with van der Waals surface area (Å²) in [6, 6.07) is 5.23. The van der Waals surface area contributed by atoms with Crippen molar-refractivity contribution in [3.63, 3.8) is 0 Å². The second-order valence-electron chi connectivity index (χ2n) is 4.55. The van der Waals surface area contributed by atoms with Crippen LogP contribution < -0.4 is 11.3 Å². The predicted molar refractivity (Wildman–Crippen MR) is 84.7 cm³/mol. The van der Waals surface area contributed by atoms with Crippen LogP contribution in [0.3, 0.4) is 0 Å². The number of aryl methyl sites for hydroxylation is 2. The SMILES string of the molecule is Cc1cc(C(N)=O)ccc1Cn1c(C)ncc(I)c1=O. The first-order valence-electron chi connectivity index (χ1n) is 6.01. The number of carbonyl (C=O) groups excluding carboxylic acids is 1. The maximum absolute atomic E-state index is 12.1. The van der Waals surface area contributed by atoms with Gasteiger partial charge in [0, 0.05) is 11.8 Å². The van der Waals surface area contributed by atoms with Crippen LogP contribution in [0.4, 0.5) is 0 Å². The summed E-state index contributed by atoms with van der Waals surface area (Å²) in [6.07, 6.45) is 1.57. The highest BCUT2D eigenvalue weighted by atomic mass is 127. The zero-order valence-corrected chi connectivity index (χ0v) is 13.3. The molecular weight excluding hydrogens is 369 g/mol. The molecular formula is C14H14IN3O2. The molecule has 20 heavy (non-hydrogen) atoms. The number of primary amides is 1. The van der Waals surface area contributed by atoms with E-state index in [-0.39, 0.29) is 5.56 Å². The van der Waals surface area contributed by atoms with Crippen LogP contribution in [-0.4, -0.2) is 15.5 Å². The van der Waals surface area contributed by atoms with E-state index in [1.54, 1.807) is 29.8 Å². The molecule has 0 unspecified atom stereocenters. The van der Waals surface area contributed by atoms with Gasteiger partial charge in [-0.15, -0.1) is 0 Å². The van der Waals surface area contributed by atoms with E-state index in [4.69, 9.17) is 5.73 Å². The molecule has 0 spiro atoms. The summed E-state index contributed by atoms with van der Waals surface area (Å²) in [5.41, 5.74) is 7.54. The summed E-state index contributed by atoms with van der Waals surface area (Å²) in [5.74, 6) is 0.206. The Kier molecular flexibility index (Phi) is 4.22. The van der Waals surface area contributed by atoms with Crippen molar-refractivity contribution in [1.82, 2.24) is 9.55 Å². The lowest BCUT2D eigenvalue weighted by molar-refractivity contribution is 0.1000. The van der Waals surface area contributed by atoms with Crippen LogP contribution in [0.15, 0.2) is 29.2 Å². The molecule has 1 aromatic carbocycles. The fourth-order valence-electron chi connectivity index (χ4n) is 1.93. The van der Waals surface area contributed by atoms with E-state index in [2.05, 4.69) is 4.98 Å². The van der Waals surface area contributed by atoms with E-state index < -0.39 is 5.91 Å². The minimum absolute atomic E-state index is 0.0588. The maximum Gasteiger partial charge on any atom is 0.267 e. The van der Waals surface area contributed by atoms with Gasteiger partial charge in [0.15, 0.2) is 0 Å². The van der Waals surface area contributed by atoms with Crippen LogP contribution in [0.25, 0.3) is 0 Å². The second-order valence-corrected chi connectivity index (χ2v) is 5.71.